The number of nitrogens with zero attached hydrogens (tertiary/aromatic N) is 1. The van der Waals surface area contributed by atoms with E-state index in [9.17, 15) is 4.79 Å². The fourth-order valence-corrected chi connectivity index (χ4v) is 2.20. The smallest absolute Gasteiger partial charge is 0.294 e. The van der Waals surface area contributed by atoms with Gasteiger partial charge in [0.1, 0.15) is 17.2 Å². The van der Waals surface area contributed by atoms with Crippen LogP contribution in [-0.4, -0.2) is 25.3 Å². The molecule has 6 nitrogen and oxygen atoms in total. The number of methoxy groups -OCH3 is 2. The maximum absolute atomic E-state index is 12.3. The van der Waals surface area contributed by atoms with Crippen molar-refractivity contribution < 1.29 is 18.8 Å². The topological polar surface area (TPSA) is 73.6 Å². The first-order valence-electron chi connectivity index (χ1n) is 7.26. The second-order valence-corrected chi connectivity index (χ2v) is 5.00. The highest BCUT2D eigenvalue weighted by atomic mass is 16.5. The summed E-state index contributed by atoms with van der Waals surface area (Å²) >= 11 is 0. The average Bonchev–Trinajstić information content (AvgIpc) is 3.12. The van der Waals surface area contributed by atoms with E-state index in [1.165, 1.54) is 0 Å². The Balaban J connectivity index is 1.80. The molecule has 0 aliphatic heterocycles. The molecule has 0 unspecified atom stereocenters. The van der Waals surface area contributed by atoms with Crippen molar-refractivity contribution in [1.29, 1.82) is 0 Å². The maximum Gasteiger partial charge on any atom is 0.294 e. The third-order valence-electron chi connectivity index (χ3n) is 3.41. The lowest BCUT2D eigenvalue weighted by Crippen LogP contribution is -2.11. The zero-order chi connectivity index (χ0) is 16.9. The van der Waals surface area contributed by atoms with Crippen LogP contribution in [0, 0.1) is 0 Å². The number of carbonyl (C=O) groups is 1. The van der Waals surface area contributed by atoms with Gasteiger partial charge in [0.25, 0.3) is 5.91 Å². The van der Waals surface area contributed by atoms with Gasteiger partial charge in [-0.3, -0.25) is 4.79 Å². The number of aromatic nitrogens is 1. The summed E-state index contributed by atoms with van der Waals surface area (Å²) in [6, 6.07) is 16.2. The number of rotatable bonds is 5. The lowest BCUT2D eigenvalue weighted by Gasteiger charge is -2.08. The standard InChI is InChI=1S/C18H16N2O4/c1-22-14-8-13(9-15(10-14)23-2)19-18(21)17-11-16(20-24-17)12-6-4-3-5-7-12/h3-11H,1-2H3,(H,19,21). The molecule has 1 aromatic heterocycles. The first kappa shape index (κ1) is 15.6. The molecular formula is C18H16N2O4. The second kappa shape index (κ2) is 6.87. The molecule has 0 spiro atoms. The lowest BCUT2D eigenvalue weighted by atomic mass is 10.1. The minimum Gasteiger partial charge on any atom is -0.497 e. The van der Waals surface area contributed by atoms with E-state index in [0.29, 0.717) is 22.9 Å². The average molecular weight is 324 g/mol. The van der Waals surface area contributed by atoms with Crippen LogP contribution < -0.4 is 14.8 Å². The van der Waals surface area contributed by atoms with Gasteiger partial charge in [0.2, 0.25) is 5.76 Å². The van der Waals surface area contributed by atoms with Gasteiger partial charge in [-0.2, -0.15) is 0 Å². The van der Waals surface area contributed by atoms with Gasteiger partial charge in [-0.1, -0.05) is 35.5 Å². The Morgan fingerprint density at radius 3 is 2.29 bits per heavy atom. The molecule has 0 saturated carbocycles. The van der Waals surface area contributed by atoms with E-state index in [0.717, 1.165) is 5.56 Å². The summed E-state index contributed by atoms with van der Waals surface area (Å²) in [6.45, 7) is 0. The molecule has 0 saturated heterocycles. The van der Waals surface area contributed by atoms with Crippen molar-refractivity contribution in [2.75, 3.05) is 19.5 Å². The van der Waals surface area contributed by atoms with Crippen LogP contribution in [0.2, 0.25) is 0 Å². The Labute approximate surface area is 139 Å². The zero-order valence-electron chi connectivity index (χ0n) is 13.3. The molecule has 0 aliphatic rings. The number of hydrogen-bond acceptors (Lipinski definition) is 5. The third kappa shape index (κ3) is 3.38. The van der Waals surface area contributed by atoms with Crippen LogP contribution >= 0.6 is 0 Å². The predicted octanol–water partition coefficient (Wildman–Crippen LogP) is 3.61. The monoisotopic (exact) mass is 324 g/mol. The van der Waals surface area contributed by atoms with Gasteiger partial charge in [0.15, 0.2) is 0 Å². The molecule has 0 bridgehead atoms. The predicted molar refractivity (Wildman–Crippen MR) is 89.4 cm³/mol. The van der Waals surface area contributed by atoms with Crippen LogP contribution in [0.1, 0.15) is 10.6 Å². The number of benzene rings is 2. The van der Waals surface area contributed by atoms with Crippen molar-refractivity contribution in [3.63, 3.8) is 0 Å². The molecule has 0 atom stereocenters. The van der Waals surface area contributed by atoms with Gasteiger partial charge in [0, 0.05) is 35.5 Å². The Bertz CT molecular complexity index is 821. The molecular weight excluding hydrogens is 308 g/mol. The first-order chi connectivity index (χ1) is 11.7. The Kier molecular flexibility index (Phi) is 4.47. The molecule has 1 heterocycles. The number of anilines is 1. The summed E-state index contributed by atoms with van der Waals surface area (Å²) in [7, 11) is 3.09. The molecule has 3 rings (SSSR count). The Morgan fingerprint density at radius 1 is 1.00 bits per heavy atom. The van der Waals surface area contributed by atoms with Gasteiger partial charge in [-0.25, -0.2) is 0 Å². The van der Waals surface area contributed by atoms with Crippen LogP contribution in [0.5, 0.6) is 11.5 Å². The molecule has 24 heavy (non-hydrogen) atoms. The van der Waals surface area contributed by atoms with Crippen molar-refractivity contribution in [2.24, 2.45) is 0 Å². The largest absolute Gasteiger partial charge is 0.497 e. The first-order valence-corrected chi connectivity index (χ1v) is 7.26. The highest BCUT2D eigenvalue weighted by molar-refractivity contribution is 6.02. The SMILES string of the molecule is COc1cc(NC(=O)c2cc(-c3ccccc3)no2)cc(OC)c1. The van der Waals surface area contributed by atoms with Gasteiger partial charge >= 0.3 is 0 Å². The highest BCUT2D eigenvalue weighted by Gasteiger charge is 2.15. The van der Waals surface area contributed by atoms with Crippen LogP contribution in [0.15, 0.2) is 59.1 Å². The van der Waals surface area contributed by atoms with Crippen LogP contribution in [0.25, 0.3) is 11.3 Å². The molecule has 3 aromatic rings. The number of nitrogens with one attached hydrogen (secondary N) is 1. The van der Waals surface area contributed by atoms with E-state index in [1.807, 2.05) is 30.3 Å². The molecule has 0 radical (unpaired) electrons. The summed E-state index contributed by atoms with van der Waals surface area (Å²) in [5.41, 5.74) is 2.01. The van der Waals surface area contributed by atoms with E-state index < -0.39 is 5.91 Å². The lowest BCUT2D eigenvalue weighted by molar-refractivity contribution is 0.0988. The number of carbonyl (C=O) groups excluding carboxylic acids is 1. The molecule has 122 valence electrons. The van der Waals surface area contributed by atoms with E-state index in [4.69, 9.17) is 14.0 Å². The summed E-state index contributed by atoms with van der Waals surface area (Å²) in [5, 5.41) is 6.67. The van der Waals surface area contributed by atoms with E-state index >= 15 is 0 Å². The maximum atomic E-state index is 12.3. The van der Waals surface area contributed by atoms with Gasteiger partial charge in [-0.15, -0.1) is 0 Å². The summed E-state index contributed by atoms with van der Waals surface area (Å²) < 4.78 is 15.5. The van der Waals surface area contributed by atoms with Crippen LogP contribution in [0.4, 0.5) is 5.69 Å². The fraction of sp³-hybridized carbons (Fsp3) is 0.111. The fourth-order valence-electron chi connectivity index (χ4n) is 2.20. The molecule has 0 fully saturated rings. The quantitative estimate of drug-likeness (QED) is 0.776. The van der Waals surface area contributed by atoms with Crippen molar-refractivity contribution >= 4 is 11.6 Å². The summed E-state index contributed by atoms with van der Waals surface area (Å²) in [5.74, 6) is 0.870. The molecule has 1 amide bonds. The van der Waals surface area contributed by atoms with Crippen LogP contribution in [0.3, 0.4) is 0 Å². The third-order valence-corrected chi connectivity index (χ3v) is 3.41. The second-order valence-electron chi connectivity index (χ2n) is 5.00. The van der Waals surface area contributed by atoms with Gasteiger partial charge in [0.05, 0.1) is 14.2 Å². The highest BCUT2D eigenvalue weighted by Crippen LogP contribution is 2.26. The number of hydrogen-bond donors (Lipinski definition) is 1. The number of amides is 1. The van der Waals surface area contributed by atoms with Crippen molar-refractivity contribution in [3.8, 4) is 22.8 Å². The van der Waals surface area contributed by atoms with Crippen molar-refractivity contribution in [3.05, 3.63) is 60.4 Å². The van der Waals surface area contributed by atoms with Gasteiger partial charge in [-0.05, 0) is 0 Å². The zero-order valence-corrected chi connectivity index (χ0v) is 13.3. The van der Waals surface area contributed by atoms with E-state index in [-0.39, 0.29) is 5.76 Å². The molecule has 6 heteroatoms. The normalized spacial score (nSPS) is 10.2. The van der Waals surface area contributed by atoms with E-state index in [2.05, 4.69) is 10.5 Å². The number of ether oxygens (including phenoxy) is 2. The van der Waals surface area contributed by atoms with E-state index in [1.54, 1.807) is 38.5 Å². The Morgan fingerprint density at radius 2 is 1.67 bits per heavy atom. The minimum absolute atomic E-state index is 0.121. The molecule has 2 aromatic carbocycles. The minimum atomic E-state index is -0.403. The van der Waals surface area contributed by atoms with Crippen LogP contribution in [-0.2, 0) is 0 Å². The molecule has 0 aliphatic carbocycles. The summed E-state index contributed by atoms with van der Waals surface area (Å²) in [4.78, 5) is 12.3. The Hall–Kier alpha value is -3.28. The van der Waals surface area contributed by atoms with Crippen molar-refractivity contribution in [1.82, 2.24) is 5.16 Å². The molecule has 1 N–H and O–H groups in total. The van der Waals surface area contributed by atoms with Crippen molar-refractivity contribution in [2.45, 2.75) is 0 Å². The summed E-state index contributed by atoms with van der Waals surface area (Å²) in [6.07, 6.45) is 0. The van der Waals surface area contributed by atoms with Gasteiger partial charge < -0.3 is 19.3 Å².